The monoisotopic (exact) mass is 256 g/mol. The van der Waals surface area contributed by atoms with Crippen LogP contribution in [0.4, 0.5) is 0 Å². The zero-order chi connectivity index (χ0) is 7.07. The van der Waals surface area contributed by atoms with Crippen LogP contribution in [0.5, 0.6) is 0 Å². The first-order valence-corrected chi connectivity index (χ1v) is 3.43. The molecule has 2 aliphatic carbocycles. The standard InChI is InChI=1S/2C5H5.ClH.Zr.H/c2*1-2-4-5-3-1;;;/h2*1-3H,4H2;1H;;/q2*-1;;+2;-1/p-1. The van der Waals surface area contributed by atoms with Crippen LogP contribution in [0.3, 0.4) is 0 Å². The molecule has 0 fully saturated rings. The molecular weight excluding hydrogens is 247 g/mol. The van der Waals surface area contributed by atoms with Crippen LogP contribution in [0.15, 0.2) is 36.5 Å². The number of allylic oxidation sites excluding steroid dienone is 8. The van der Waals surface area contributed by atoms with Crippen molar-refractivity contribution in [1.82, 2.24) is 0 Å². The molecule has 0 aromatic rings. The summed E-state index contributed by atoms with van der Waals surface area (Å²) >= 11 is 0. The molecule has 0 heterocycles. The molecule has 2 heteroatoms. The van der Waals surface area contributed by atoms with Gasteiger partial charge in [0.15, 0.2) is 0 Å². The molecule has 0 saturated carbocycles. The Morgan fingerprint density at radius 3 is 1.42 bits per heavy atom. The Morgan fingerprint density at radius 2 is 1.33 bits per heavy atom. The van der Waals surface area contributed by atoms with Crippen molar-refractivity contribution in [1.29, 1.82) is 0 Å². The molecule has 0 radical (unpaired) electrons. The van der Waals surface area contributed by atoms with E-state index in [-0.39, 0.29) is 40.0 Å². The number of rotatable bonds is 0. The van der Waals surface area contributed by atoms with E-state index in [2.05, 4.69) is 24.3 Å². The maximum absolute atomic E-state index is 2.99. The normalized spacial score (nSPS) is 14.7. The summed E-state index contributed by atoms with van der Waals surface area (Å²) in [6.45, 7) is 0. The van der Waals surface area contributed by atoms with Crippen LogP contribution in [0.25, 0.3) is 0 Å². The molecule has 12 heavy (non-hydrogen) atoms. The van der Waals surface area contributed by atoms with Crippen molar-refractivity contribution in [3.05, 3.63) is 48.6 Å². The van der Waals surface area contributed by atoms with Crippen molar-refractivity contribution in [3.8, 4) is 0 Å². The average molecular weight is 258 g/mol. The maximum atomic E-state index is 2.99. The molecule has 2 aliphatic rings. The molecule has 0 aromatic heterocycles. The third kappa shape index (κ3) is 8.23. The SMILES string of the molecule is [C-]1=CC=CC1.[C-]1=CC=CC1.[Cl-].[H-].[Zr+2]. The van der Waals surface area contributed by atoms with Gasteiger partial charge in [0.2, 0.25) is 0 Å². The van der Waals surface area contributed by atoms with Crippen molar-refractivity contribution in [2.24, 2.45) is 0 Å². The van der Waals surface area contributed by atoms with Crippen LogP contribution in [0, 0.1) is 12.2 Å². The van der Waals surface area contributed by atoms with Gasteiger partial charge in [-0.2, -0.15) is 12.2 Å². The second-order valence-corrected chi connectivity index (χ2v) is 2.01. The Bertz CT molecular complexity index is 153. The summed E-state index contributed by atoms with van der Waals surface area (Å²) in [6.07, 6.45) is 20.0. The van der Waals surface area contributed by atoms with E-state index in [0.29, 0.717) is 0 Å². The quantitative estimate of drug-likeness (QED) is 0.524. The molecule has 0 aromatic carbocycles. The summed E-state index contributed by atoms with van der Waals surface area (Å²) < 4.78 is 0. The molecule has 0 nitrogen and oxygen atoms in total. The average Bonchev–Trinajstić information content (AvgIpc) is 2.67. The number of halogens is 1. The van der Waals surface area contributed by atoms with Crippen molar-refractivity contribution in [2.75, 3.05) is 0 Å². The van der Waals surface area contributed by atoms with Gasteiger partial charge >= 0.3 is 26.2 Å². The maximum Gasteiger partial charge on any atom is 2.00 e. The molecule has 64 valence electrons. The van der Waals surface area contributed by atoms with Gasteiger partial charge in [0, 0.05) is 0 Å². The van der Waals surface area contributed by atoms with E-state index in [1.165, 1.54) is 0 Å². The molecule has 0 atom stereocenters. The number of hydrogen-bond donors (Lipinski definition) is 0. The zero-order valence-corrected chi connectivity index (χ0v) is 9.97. The van der Waals surface area contributed by atoms with Crippen molar-refractivity contribution in [3.63, 3.8) is 0 Å². The fraction of sp³-hybridized carbons (Fsp3) is 0.200. The Balaban J connectivity index is -0.000000125. The van der Waals surface area contributed by atoms with Gasteiger partial charge in [-0.25, -0.2) is 24.3 Å². The molecule has 0 aliphatic heterocycles. The largest absolute Gasteiger partial charge is 2.00 e. The van der Waals surface area contributed by atoms with E-state index < -0.39 is 0 Å². The van der Waals surface area contributed by atoms with Crippen molar-refractivity contribution < 1.29 is 40.0 Å². The van der Waals surface area contributed by atoms with Crippen LogP contribution < -0.4 is 12.4 Å². The Morgan fingerprint density at radius 1 is 0.917 bits per heavy atom. The van der Waals surface area contributed by atoms with Gasteiger partial charge in [-0.05, 0) is 0 Å². The summed E-state index contributed by atoms with van der Waals surface area (Å²) in [6, 6.07) is 0. The van der Waals surface area contributed by atoms with Gasteiger partial charge in [-0.3, -0.25) is 12.2 Å². The van der Waals surface area contributed by atoms with Crippen LogP contribution >= 0.6 is 0 Å². The Labute approximate surface area is 101 Å². The molecule has 0 amide bonds. The van der Waals surface area contributed by atoms with E-state index >= 15 is 0 Å². The summed E-state index contributed by atoms with van der Waals surface area (Å²) in [5.41, 5.74) is 0. The predicted octanol–water partition coefficient (Wildman–Crippen LogP) is -0.275. The van der Waals surface area contributed by atoms with Gasteiger partial charge in [0.1, 0.15) is 0 Å². The Hall–Kier alpha value is 0.133. The number of hydrogen-bond acceptors (Lipinski definition) is 0. The van der Waals surface area contributed by atoms with E-state index in [1.807, 2.05) is 24.3 Å². The molecule has 2 rings (SSSR count). The molecule has 0 N–H and O–H groups in total. The fourth-order valence-electron chi connectivity index (χ4n) is 0.680. The molecule has 0 unspecified atom stereocenters. The fourth-order valence-corrected chi connectivity index (χ4v) is 0.680. The molecule has 0 saturated heterocycles. The third-order valence-corrected chi connectivity index (χ3v) is 1.17. The van der Waals surface area contributed by atoms with Crippen LogP contribution in [0.2, 0.25) is 0 Å². The summed E-state index contributed by atoms with van der Waals surface area (Å²) in [7, 11) is 0. The summed E-state index contributed by atoms with van der Waals surface area (Å²) in [4.78, 5) is 0. The van der Waals surface area contributed by atoms with Gasteiger partial charge in [0.05, 0.1) is 0 Å². The minimum atomic E-state index is 0. The van der Waals surface area contributed by atoms with Crippen LogP contribution in [-0.4, -0.2) is 0 Å². The molecule has 0 bridgehead atoms. The van der Waals surface area contributed by atoms with Gasteiger partial charge in [-0.15, -0.1) is 12.8 Å². The van der Waals surface area contributed by atoms with Crippen molar-refractivity contribution >= 4 is 0 Å². The first-order chi connectivity index (χ1) is 5.00. The van der Waals surface area contributed by atoms with E-state index in [1.54, 1.807) is 0 Å². The topological polar surface area (TPSA) is 0 Å². The second-order valence-electron chi connectivity index (χ2n) is 2.01. The van der Waals surface area contributed by atoms with Crippen molar-refractivity contribution in [2.45, 2.75) is 12.8 Å². The predicted molar refractivity (Wildman–Crippen MR) is 44.3 cm³/mol. The second kappa shape index (κ2) is 11.1. The van der Waals surface area contributed by atoms with Crippen LogP contribution in [-0.2, 0) is 26.2 Å². The van der Waals surface area contributed by atoms with Crippen LogP contribution in [0.1, 0.15) is 14.3 Å². The van der Waals surface area contributed by atoms with Gasteiger partial charge in [-0.1, -0.05) is 0 Å². The summed E-state index contributed by atoms with van der Waals surface area (Å²) in [5, 5.41) is 0. The minimum absolute atomic E-state index is 0. The smallest absolute Gasteiger partial charge is 1.00 e. The Kier molecular flexibility index (Phi) is 13.6. The molecule has 0 spiro atoms. The molecular formula is C10H11ClZr-2. The van der Waals surface area contributed by atoms with Gasteiger partial charge in [0.25, 0.3) is 0 Å². The zero-order valence-electron chi connectivity index (χ0n) is 7.76. The summed E-state index contributed by atoms with van der Waals surface area (Å²) in [5.74, 6) is 0. The first kappa shape index (κ1) is 14.6. The minimum Gasteiger partial charge on any atom is -1.00 e. The first-order valence-electron chi connectivity index (χ1n) is 3.43. The van der Waals surface area contributed by atoms with E-state index in [0.717, 1.165) is 12.8 Å². The van der Waals surface area contributed by atoms with E-state index in [4.69, 9.17) is 0 Å². The van der Waals surface area contributed by atoms with E-state index in [9.17, 15) is 0 Å². The van der Waals surface area contributed by atoms with Gasteiger partial charge < -0.3 is 13.8 Å². The third-order valence-electron chi connectivity index (χ3n) is 1.17.